The summed E-state index contributed by atoms with van der Waals surface area (Å²) in [6.07, 6.45) is -4.48. The molecule has 1 aromatic carbocycles. The zero-order valence-corrected chi connectivity index (χ0v) is 10.4. The summed E-state index contributed by atoms with van der Waals surface area (Å²) >= 11 is 0. The SMILES string of the molecule is CCOCC(=O)Nc1cc(CN)cc(C(F)(F)F)c1. The fourth-order valence-electron chi connectivity index (χ4n) is 1.44. The van der Waals surface area contributed by atoms with Crippen LogP contribution in [0.5, 0.6) is 0 Å². The number of nitrogens with two attached hydrogens (primary N) is 1. The second kappa shape index (κ2) is 6.53. The molecule has 0 atom stereocenters. The number of benzene rings is 1. The van der Waals surface area contributed by atoms with Crippen LogP contribution in [0, 0.1) is 0 Å². The normalized spacial score (nSPS) is 11.4. The molecule has 4 nitrogen and oxygen atoms in total. The molecular weight excluding hydrogens is 261 g/mol. The smallest absolute Gasteiger partial charge is 0.372 e. The minimum Gasteiger partial charge on any atom is -0.372 e. The molecule has 1 aromatic rings. The Kier molecular flexibility index (Phi) is 5.31. The van der Waals surface area contributed by atoms with Gasteiger partial charge in [0.1, 0.15) is 6.61 Å². The first-order chi connectivity index (χ1) is 8.86. The average molecular weight is 276 g/mol. The Morgan fingerprint density at radius 2 is 2.05 bits per heavy atom. The quantitative estimate of drug-likeness (QED) is 0.866. The molecule has 1 amide bonds. The summed E-state index contributed by atoms with van der Waals surface area (Å²) in [6.45, 7) is 1.82. The summed E-state index contributed by atoms with van der Waals surface area (Å²) in [5, 5.41) is 2.34. The number of rotatable bonds is 5. The van der Waals surface area contributed by atoms with Crippen LogP contribution >= 0.6 is 0 Å². The molecule has 0 radical (unpaired) electrons. The molecule has 7 heteroatoms. The third kappa shape index (κ3) is 4.88. The molecule has 0 fully saturated rings. The highest BCUT2D eigenvalue weighted by Gasteiger charge is 2.31. The fraction of sp³-hybridized carbons (Fsp3) is 0.417. The number of nitrogens with one attached hydrogen (secondary N) is 1. The van der Waals surface area contributed by atoms with Gasteiger partial charge in [-0.3, -0.25) is 4.79 Å². The Morgan fingerprint density at radius 1 is 1.37 bits per heavy atom. The lowest BCUT2D eigenvalue weighted by molar-refractivity contribution is -0.137. The minimum atomic E-state index is -4.48. The highest BCUT2D eigenvalue weighted by atomic mass is 19.4. The van der Waals surface area contributed by atoms with Crippen molar-refractivity contribution in [3.8, 4) is 0 Å². The molecule has 0 unspecified atom stereocenters. The highest BCUT2D eigenvalue weighted by Crippen LogP contribution is 2.31. The molecule has 19 heavy (non-hydrogen) atoms. The number of alkyl halides is 3. The van der Waals surface area contributed by atoms with Gasteiger partial charge in [-0.05, 0) is 30.7 Å². The Hall–Kier alpha value is -1.60. The first-order valence-corrected chi connectivity index (χ1v) is 5.65. The van der Waals surface area contributed by atoms with E-state index in [0.717, 1.165) is 12.1 Å². The number of anilines is 1. The van der Waals surface area contributed by atoms with Crippen molar-refractivity contribution >= 4 is 11.6 Å². The molecule has 0 saturated carbocycles. The van der Waals surface area contributed by atoms with Crippen LogP contribution in [0.2, 0.25) is 0 Å². The molecule has 106 valence electrons. The van der Waals surface area contributed by atoms with Crippen LogP contribution < -0.4 is 11.1 Å². The lowest BCUT2D eigenvalue weighted by Crippen LogP contribution is -2.19. The maximum atomic E-state index is 12.6. The van der Waals surface area contributed by atoms with Gasteiger partial charge in [-0.25, -0.2) is 0 Å². The summed E-state index contributed by atoms with van der Waals surface area (Å²) in [6, 6.07) is 3.22. The van der Waals surface area contributed by atoms with Crippen LogP contribution in [0.1, 0.15) is 18.1 Å². The summed E-state index contributed by atoms with van der Waals surface area (Å²) in [5.74, 6) is -0.510. The second-order valence-corrected chi connectivity index (χ2v) is 3.81. The van der Waals surface area contributed by atoms with E-state index in [0.29, 0.717) is 12.2 Å². The zero-order valence-electron chi connectivity index (χ0n) is 10.4. The Balaban J connectivity index is 2.91. The Bertz CT molecular complexity index is 447. The molecule has 3 N–H and O–H groups in total. The standard InChI is InChI=1S/C12H15F3N2O2/c1-2-19-7-11(18)17-10-4-8(6-16)3-9(5-10)12(13,14)15/h3-5H,2,6-7,16H2,1H3,(H,17,18). The van der Waals surface area contributed by atoms with Gasteiger partial charge >= 0.3 is 6.18 Å². The number of carbonyl (C=O) groups is 1. The summed E-state index contributed by atoms with van der Waals surface area (Å²) < 4.78 is 42.8. The molecule has 0 saturated heterocycles. The van der Waals surface area contributed by atoms with Crippen molar-refractivity contribution in [1.29, 1.82) is 0 Å². The summed E-state index contributed by atoms with van der Waals surface area (Å²) in [4.78, 5) is 11.4. The summed E-state index contributed by atoms with van der Waals surface area (Å²) in [7, 11) is 0. The van der Waals surface area contributed by atoms with Gasteiger partial charge in [-0.15, -0.1) is 0 Å². The average Bonchev–Trinajstić information content (AvgIpc) is 2.34. The maximum Gasteiger partial charge on any atom is 0.416 e. The van der Waals surface area contributed by atoms with Crippen molar-refractivity contribution in [3.05, 3.63) is 29.3 Å². The van der Waals surface area contributed by atoms with Crippen LogP contribution in [0.3, 0.4) is 0 Å². The van der Waals surface area contributed by atoms with E-state index < -0.39 is 17.6 Å². The van der Waals surface area contributed by atoms with E-state index in [9.17, 15) is 18.0 Å². The zero-order chi connectivity index (χ0) is 14.5. The third-order valence-corrected chi connectivity index (χ3v) is 2.28. The van der Waals surface area contributed by atoms with Gasteiger partial charge in [0.05, 0.1) is 5.56 Å². The van der Waals surface area contributed by atoms with Gasteiger partial charge in [0, 0.05) is 18.8 Å². The molecule has 0 bridgehead atoms. The van der Waals surface area contributed by atoms with Crippen molar-refractivity contribution in [2.75, 3.05) is 18.5 Å². The molecule has 0 aliphatic carbocycles. The number of ether oxygens (including phenoxy) is 1. The number of carbonyl (C=O) groups excluding carboxylic acids is 1. The fourth-order valence-corrected chi connectivity index (χ4v) is 1.44. The number of hydrogen-bond donors (Lipinski definition) is 2. The Labute approximate surface area is 108 Å². The van der Waals surface area contributed by atoms with E-state index in [1.807, 2.05) is 0 Å². The van der Waals surface area contributed by atoms with Crippen LogP contribution in [0.25, 0.3) is 0 Å². The van der Waals surface area contributed by atoms with Crippen molar-refractivity contribution in [2.24, 2.45) is 5.73 Å². The summed E-state index contributed by atoms with van der Waals surface area (Å²) in [5.41, 5.74) is 4.84. The molecule has 0 heterocycles. The van der Waals surface area contributed by atoms with Gasteiger partial charge in [-0.2, -0.15) is 13.2 Å². The van der Waals surface area contributed by atoms with Gasteiger partial charge in [0.15, 0.2) is 0 Å². The molecular formula is C12H15F3N2O2. The topological polar surface area (TPSA) is 64.3 Å². The van der Waals surface area contributed by atoms with Gasteiger partial charge in [0.2, 0.25) is 5.91 Å². The van der Waals surface area contributed by atoms with E-state index in [1.54, 1.807) is 6.92 Å². The van der Waals surface area contributed by atoms with Crippen molar-refractivity contribution < 1.29 is 22.7 Å². The van der Waals surface area contributed by atoms with Gasteiger partial charge in [-0.1, -0.05) is 0 Å². The Morgan fingerprint density at radius 3 is 2.58 bits per heavy atom. The predicted molar refractivity (Wildman–Crippen MR) is 64.5 cm³/mol. The number of hydrogen-bond acceptors (Lipinski definition) is 3. The molecule has 0 aliphatic rings. The molecule has 0 aliphatic heterocycles. The highest BCUT2D eigenvalue weighted by molar-refractivity contribution is 5.91. The van der Waals surface area contributed by atoms with E-state index in [2.05, 4.69) is 5.32 Å². The minimum absolute atomic E-state index is 0.0434. The lowest BCUT2D eigenvalue weighted by Gasteiger charge is -2.12. The predicted octanol–water partition coefficient (Wildman–Crippen LogP) is 2.14. The first-order valence-electron chi connectivity index (χ1n) is 5.65. The maximum absolute atomic E-state index is 12.6. The van der Waals surface area contributed by atoms with Crippen LogP contribution in [-0.4, -0.2) is 19.1 Å². The van der Waals surface area contributed by atoms with Gasteiger partial charge in [0.25, 0.3) is 0 Å². The number of halogens is 3. The number of amides is 1. The van der Waals surface area contributed by atoms with E-state index >= 15 is 0 Å². The van der Waals surface area contributed by atoms with Crippen molar-refractivity contribution in [1.82, 2.24) is 0 Å². The lowest BCUT2D eigenvalue weighted by atomic mass is 10.1. The van der Waals surface area contributed by atoms with Crippen molar-refractivity contribution in [3.63, 3.8) is 0 Å². The largest absolute Gasteiger partial charge is 0.416 e. The van der Waals surface area contributed by atoms with Crippen LogP contribution in [-0.2, 0) is 22.3 Å². The first kappa shape index (κ1) is 15.5. The van der Waals surface area contributed by atoms with Crippen molar-refractivity contribution in [2.45, 2.75) is 19.6 Å². The second-order valence-electron chi connectivity index (χ2n) is 3.81. The molecule has 0 spiro atoms. The van der Waals surface area contributed by atoms with E-state index in [4.69, 9.17) is 10.5 Å². The third-order valence-electron chi connectivity index (χ3n) is 2.28. The van der Waals surface area contributed by atoms with E-state index in [1.165, 1.54) is 6.07 Å². The van der Waals surface area contributed by atoms with Crippen LogP contribution in [0.15, 0.2) is 18.2 Å². The van der Waals surface area contributed by atoms with Gasteiger partial charge < -0.3 is 15.8 Å². The van der Waals surface area contributed by atoms with E-state index in [-0.39, 0.29) is 18.8 Å². The molecule has 1 rings (SSSR count). The monoisotopic (exact) mass is 276 g/mol. The van der Waals surface area contributed by atoms with Crippen LogP contribution in [0.4, 0.5) is 18.9 Å². The molecule has 0 aromatic heterocycles.